The summed E-state index contributed by atoms with van der Waals surface area (Å²) in [7, 11) is 0. The molecule has 5 nitrogen and oxygen atoms in total. The molecule has 1 aromatic heterocycles. The van der Waals surface area contributed by atoms with Gasteiger partial charge in [-0.05, 0) is 43.7 Å². The summed E-state index contributed by atoms with van der Waals surface area (Å²) < 4.78 is 63.4. The molecule has 0 amide bonds. The summed E-state index contributed by atoms with van der Waals surface area (Å²) in [4.78, 5) is 16.6. The van der Waals surface area contributed by atoms with Gasteiger partial charge in [0.05, 0.1) is 17.9 Å². The number of halogens is 4. The Bertz CT molecular complexity index is 1130. The molecule has 0 radical (unpaired) electrons. The Balaban J connectivity index is 1.60. The van der Waals surface area contributed by atoms with Gasteiger partial charge in [0.2, 0.25) is 0 Å². The van der Waals surface area contributed by atoms with E-state index < -0.39 is 29.6 Å². The van der Waals surface area contributed by atoms with Crippen molar-refractivity contribution in [3.05, 3.63) is 70.0 Å². The molecule has 1 N–H and O–H groups in total. The number of alkyl halides is 3. The number of carbonyl (C=O) groups is 1. The first-order valence-electron chi connectivity index (χ1n) is 10.5. The Morgan fingerprint density at radius 2 is 1.88 bits per heavy atom. The van der Waals surface area contributed by atoms with Gasteiger partial charge in [0, 0.05) is 29.9 Å². The molecule has 3 rings (SSSR count). The Morgan fingerprint density at radius 1 is 1.18 bits per heavy atom. The van der Waals surface area contributed by atoms with Crippen LogP contribution in [0.4, 0.5) is 17.6 Å². The van der Waals surface area contributed by atoms with Crippen LogP contribution >= 0.6 is 11.3 Å². The van der Waals surface area contributed by atoms with Gasteiger partial charge in [-0.1, -0.05) is 18.2 Å². The van der Waals surface area contributed by atoms with Crippen molar-refractivity contribution in [1.82, 2.24) is 4.98 Å². The van der Waals surface area contributed by atoms with Crippen molar-refractivity contribution in [3.8, 4) is 16.3 Å². The minimum atomic E-state index is -4.39. The number of carboxylic acid groups (broad SMARTS) is 1. The number of aromatic nitrogens is 1. The number of carboxylic acids is 1. The lowest BCUT2D eigenvalue weighted by atomic mass is 10.1. The summed E-state index contributed by atoms with van der Waals surface area (Å²) in [5, 5.41) is 9.76. The van der Waals surface area contributed by atoms with Crippen LogP contribution in [0.1, 0.15) is 28.6 Å². The summed E-state index contributed by atoms with van der Waals surface area (Å²) in [6.07, 6.45) is -5.03. The topological polar surface area (TPSA) is 68.7 Å². The maximum atomic E-state index is 14.4. The Hall–Kier alpha value is -2.98. The van der Waals surface area contributed by atoms with E-state index in [-0.39, 0.29) is 25.4 Å². The number of ether oxygens (including phenoxy) is 2. The highest BCUT2D eigenvalue weighted by Crippen LogP contribution is 2.33. The predicted octanol–water partition coefficient (Wildman–Crippen LogP) is 5.93. The number of aryl methyl sites for hydroxylation is 1. The van der Waals surface area contributed by atoms with Gasteiger partial charge in [-0.3, -0.25) is 0 Å². The van der Waals surface area contributed by atoms with Crippen molar-refractivity contribution in [3.63, 3.8) is 0 Å². The van der Waals surface area contributed by atoms with Gasteiger partial charge >= 0.3 is 12.1 Å². The molecule has 0 saturated heterocycles. The first-order chi connectivity index (χ1) is 16.1. The standard InChI is InChI=1S/C24H23F4NO4S/c1-3-32-21(23(30)31)13-15-4-9-20(18(25)12-15)33-11-10-19-14(2)34-22(29-19)16-5-7-17(8-6-16)24(26,27)28/h4-9,12,21H,3,10-11,13H2,1-2H3,(H,30,31). The molecule has 2 aromatic carbocycles. The molecule has 1 unspecified atom stereocenters. The van der Waals surface area contributed by atoms with Gasteiger partial charge < -0.3 is 14.6 Å². The average Bonchev–Trinajstić information content (AvgIpc) is 3.15. The molecule has 0 saturated carbocycles. The number of benzene rings is 2. The summed E-state index contributed by atoms with van der Waals surface area (Å²) in [6.45, 7) is 3.92. The Labute approximate surface area is 198 Å². The fourth-order valence-electron chi connectivity index (χ4n) is 3.26. The Morgan fingerprint density at radius 3 is 2.47 bits per heavy atom. The van der Waals surface area contributed by atoms with Crippen molar-refractivity contribution < 1.29 is 36.9 Å². The van der Waals surface area contributed by atoms with Crippen LogP contribution in [-0.2, 0) is 28.5 Å². The zero-order valence-corrected chi connectivity index (χ0v) is 19.3. The quantitative estimate of drug-likeness (QED) is 0.352. The van der Waals surface area contributed by atoms with Crippen LogP contribution in [0.25, 0.3) is 10.6 Å². The predicted molar refractivity (Wildman–Crippen MR) is 120 cm³/mol. The molecular weight excluding hydrogens is 474 g/mol. The van der Waals surface area contributed by atoms with Crippen molar-refractivity contribution >= 4 is 17.3 Å². The maximum absolute atomic E-state index is 14.4. The Kier molecular flexibility index (Phi) is 8.27. The molecule has 10 heteroatoms. The summed E-state index contributed by atoms with van der Waals surface area (Å²) in [6, 6.07) is 9.07. The van der Waals surface area contributed by atoms with Crippen molar-refractivity contribution in [1.29, 1.82) is 0 Å². The number of nitrogens with zero attached hydrogens (tertiary/aromatic N) is 1. The van der Waals surface area contributed by atoms with E-state index in [1.807, 2.05) is 6.92 Å². The lowest BCUT2D eigenvalue weighted by Crippen LogP contribution is -2.26. The number of hydrogen-bond donors (Lipinski definition) is 1. The van der Waals surface area contributed by atoms with E-state index in [0.29, 0.717) is 22.6 Å². The van der Waals surface area contributed by atoms with Gasteiger partial charge in [-0.15, -0.1) is 11.3 Å². The first kappa shape index (κ1) is 25.6. The van der Waals surface area contributed by atoms with E-state index in [0.717, 1.165) is 22.7 Å². The molecule has 0 fully saturated rings. The molecule has 1 heterocycles. The fourth-order valence-corrected chi connectivity index (χ4v) is 4.23. The molecule has 0 bridgehead atoms. The normalized spacial score (nSPS) is 12.5. The number of aliphatic carboxylic acids is 1. The highest BCUT2D eigenvalue weighted by atomic mass is 32.1. The lowest BCUT2D eigenvalue weighted by molar-refractivity contribution is -0.150. The van der Waals surface area contributed by atoms with E-state index in [2.05, 4.69) is 4.98 Å². The summed E-state index contributed by atoms with van der Waals surface area (Å²) in [5.41, 5.74) is 1.06. The minimum absolute atomic E-state index is 0.0304. The van der Waals surface area contributed by atoms with Crippen LogP contribution in [0, 0.1) is 12.7 Å². The zero-order chi connectivity index (χ0) is 24.9. The lowest BCUT2D eigenvalue weighted by Gasteiger charge is -2.13. The summed E-state index contributed by atoms with van der Waals surface area (Å²) in [5.74, 6) is -1.70. The second-order valence-corrected chi connectivity index (χ2v) is 8.65. The molecule has 3 aromatic rings. The van der Waals surface area contributed by atoms with E-state index in [4.69, 9.17) is 14.6 Å². The van der Waals surface area contributed by atoms with E-state index >= 15 is 0 Å². The van der Waals surface area contributed by atoms with Crippen molar-refractivity contribution in [2.45, 2.75) is 39.0 Å². The second-order valence-electron chi connectivity index (χ2n) is 7.45. The third-order valence-electron chi connectivity index (χ3n) is 5.01. The largest absolute Gasteiger partial charge is 0.490 e. The fraction of sp³-hybridized carbons (Fsp3) is 0.333. The maximum Gasteiger partial charge on any atom is 0.416 e. The number of rotatable bonds is 10. The van der Waals surface area contributed by atoms with E-state index in [9.17, 15) is 22.4 Å². The highest BCUT2D eigenvalue weighted by molar-refractivity contribution is 7.15. The average molecular weight is 498 g/mol. The number of thiazole rings is 1. The van der Waals surface area contributed by atoms with Crippen LogP contribution < -0.4 is 4.74 Å². The van der Waals surface area contributed by atoms with Crippen molar-refractivity contribution in [2.24, 2.45) is 0 Å². The van der Waals surface area contributed by atoms with Gasteiger partial charge in [0.1, 0.15) is 5.01 Å². The van der Waals surface area contributed by atoms with E-state index in [1.54, 1.807) is 13.0 Å². The molecule has 0 aliphatic heterocycles. The van der Waals surface area contributed by atoms with E-state index in [1.165, 1.54) is 35.6 Å². The molecule has 0 aliphatic rings. The van der Waals surface area contributed by atoms with Crippen LogP contribution in [0.3, 0.4) is 0 Å². The third-order valence-corrected chi connectivity index (χ3v) is 6.07. The number of hydrogen-bond acceptors (Lipinski definition) is 5. The summed E-state index contributed by atoms with van der Waals surface area (Å²) >= 11 is 1.36. The van der Waals surface area contributed by atoms with Gasteiger partial charge in [-0.2, -0.15) is 13.2 Å². The third kappa shape index (κ3) is 6.54. The second kappa shape index (κ2) is 11.0. The zero-order valence-electron chi connectivity index (χ0n) is 18.5. The van der Waals surface area contributed by atoms with Crippen LogP contribution in [-0.4, -0.2) is 35.4 Å². The molecule has 0 spiro atoms. The minimum Gasteiger partial charge on any atom is -0.490 e. The van der Waals surface area contributed by atoms with Crippen LogP contribution in [0.5, 0.6) is 5.75 Å². The molecule has 0 aliphatic carbocycles. The van der Waals surface area contributed by atoms with Gasteiger partial charge in [-0.25, -0.2) is 14.2 Å². The molecule has 182 valence electrons. The van der Waals surface area contributed by atoms with Gasteiger partial charge in [0.25, 0.3) is 0 Å². The van der Waals surface area contributed by atoms with Crippen LogP contribution in [0.15, 0.2) is 42.5 Å². The van der Waals surface area contributed by atoms with Crippen molar-refractivity contribution in [2.75, 3.05) is 13.2 Å². The van der Waals surface area contributed by atoms with Crippen LogP contribution in [0.2, 0.25) is 0 Å². The highest BCUT2D eigenvalue weighted by Gasteiger charge is 2.30. The smallest absolute Gasteiger partial charge is 0.416 e. The molecular formula is C24H23F4NO4S. The SMILES string of the molecule is CCOC(Cc1ccc(OCCc2nc(-c3ccc(C(F)(F)F)cc3)sc2C)c(F)c1)C(=O)O. The monoisotopic (exact) mass is 497 g/mol. The molecule has 34 heavy (non-hydrogen) atoms. The first-order valence-corrected chi connectivity index (χ1v) is 11.3. The molecule has 1 atom stereocenters. The van der Waals surface area contributed by atoms with Gasteiger partial charge in [0.15, 0.2) is 17.7 Å².